The van der Waals surface area contributed by atoms with E-state index in [0.717, 1.165) is 48.0 Å². The number of aromatic nitrogens is 2. The molecule has 0 unspecified atom stereocenters. The number of hydrogen-bond donors (Lipinski definition) is 1. The Morgan fingerprint density at radius 1 is 1.10 bits per heavy atom. The average molecular weight is 369 g/mol. The molecular formula is C14H15BrClN5. The first kappa shape index (κ1) is 14.4. The van der Waals surface area contributed by atoms with Crippen molar-refractivity contribution in [2.75, 3.05) is 41.7 Å². The van der Waals surface area contributed by atoms with E-state index >= 15 is 0 Å². The SMILES string of the molecule is Nc1cccnc1N1CCN(c2ncc(Cl)cc2Br)CC1. The summed E-state index contributed by atoms with van der Waals surface area (Å²) in [5.41, 5.74) is 6.70. The van der Waals surface area contributed by atoms with Crippen molar-refractivity contribution in [2.45, 2.75) is 0 Å². The molecule has 1 aliphatic rings. The van der Waals surface area contributed by atoms with Crippen LogP contribution in [-0.2, 0) is 0 Å². The zero-order valence-corrected chi connectivity index (χ0v) is 13.7. The molecule has 3 rings (SSSR count). The highest BCUT2D eigenvalue weighted by Crippen LogP contribution is 2.28. The fourth-order valence-corrected chi connectivity index (χ4v) is 3.33. The van der Waals surface area contributed by atoms with E-state index in [2.05, 4.69) is 35.7 Å². The molecule has 5 nitrogen and oxygen atoms in total. The Morgan fingerprint density at radius 2 is 1.76 bits per heavy atom. The first-order chi connectivity index (χ1) is 10.1. The van der Waals surface area contributed by atoms with Crippen LogP contribution in [-0.4, -0.2) is 36.1 Å². The molecule has 0 amide bonds. The predicted molar refractivity (Wildman–Crippen MR) is 90.0 cm³/mol. The van der Waals surface area contributed by atoms with Crippen molar-refractivity contribution >= 4 is 44.9 Å². The molecule has 1 aliphatic heterocycles. The Hall–Kier alpha value is -1.53. The topological polar surface area (TPSA) is 58.3 Å². The van der Waals surface area contributed by atoms with Crippen LogP contribution < -0.4 is 15.5 Å². The van der Waals surface area contributed by atoms with Crippen molar-refractivity contribution in [2.24, 2.45) is 0 Å². The summed E-state index contributed by atoms with van der Waals surface area (Å²) in [6.07, 6.45) is 3.44. The molecule has 2 N–H and O–H groups in total. The predicted octanol–water partition coefficient (Wildman–Crippen LogP) is 2.80. The zero-order valence-electron chi connectivity index (χ0n) is 11.3. The van der Waals surface area contributed by atoms with Crippen LogP contribution in [0.25, 0.3) is 0 Å². The molecule has 0 bridgehead atoms. The van der Waals surface area contributed by atoms with Crippen LogP contribution in [0.2, 0.25) is 5.02 Å². The molecule has 0 atom stereocenters. The molecule has 1 fully saturated rings. The highest BCUT2D eigenvalue weighted by Gasteiger charge is 2.21. The van der Waals surface area contributed by atoms with Gasteiger partial charge in [-0.25, -0.2) is 9.97 Å². The molecule has 110 valence electrons. The summed E-state index contributed by atoms with van der Waals surface area (Å²) in [6, 6.07) is 5.60. The fraction of sp³-hybridized carbons (Fsp3) is 0.286. The molecule has 0 aromatic carbocycles. The van der Waals surface area contributed by atoms with Gasteiger partial charge in [-0.3, -0.25) is 0 Å². The summed E-state index contributed by atoms with van der Waals surface area (Å²) in [7, 11) is 0. The van der Waals surface area contributed by atoms with Crippen LogP contribution in [0, 0.1) is 0 Å². The third-order valence-corrected chi connectivity index (χ3v) is 4.27. The molecule has 0 radical (unpaired) electrons. The highest BCUT2D eigenvalue weighted by molar-refractivity contribution is 9.10. The van der Waals surface area contributed by atoms with E-state index in [9.17, 15) is 0 Å². The van der Waals surface area contributed by atoms with E-state index in [0.29, 0.717) is 5.02 Å². The van der Waals surface area contributed by atoms with Crippen LogP contribution in [0.3, 0.4) is 0 Å². The van der Waals surface area contributed by atoms with Crippen molar-refractivity contribution in [1.82, 2.24) is 9.97 Å². The number of nitrogens with zero attached hydrogens (tertiary/aromatic N) is 4. The quantitative estimate of drug-likeness (QED) is 0.883. The lowest BCUT2D eigenvalue weighted by Crippen LogP contribution is -2.47. The van der Waals surface area contributed by atoms with E-state index in [1.54, 1.807) is 12.4 Å². The number of hydrogen-bond acceptors (Lipinski definition) is 5. The second kappa shape index (κ2) is 6.07. The Labute approximate surface area is 136 Å². The number of piperazine rings is 1. The summed E-state index contributed by atoms with van der Waals surface area (Å²) in [4.78, 5) is 13.2. The summed E-state index contributed by atoms with van der Waals surface area (Å²) >= 11 is 9.45. The maximum Gasteiger partial charge on any atom is 0.151 e. The van der Waals surface area contributed by atoms with E-state index < -0.39 is 0 Å². The van der Waals surface area contributed by atoms with Gasteiger partial charge in [0.05, 0.1) is 15.2 Å². The van der Waals surface area contributed by atoms with E-state index in [4.69, 9.17) is 17.3 Å². The molecule has 1 saturated heterocycles. The van der Waals surface area contributed by atoms with Crippen molar-refractivity contribution in [3.8, 4) is 0 Å². The van der Waals surface area contributed by atoms with Gasteiger partial charge in [0.25, 0.3) is 0 Å². The number of nitrogen functional groups attached to an aromatic ring is 1. The maximum atomic E-state index is 5.99. The van der Waals surface area contributed by atoms with Crippen molar-refractivity contribution in [3.05, 3.63) is 40.1 Å². The lowest BCUT2D eigenvalue weighted by atomic mass is 10.2. The Kier molecular flexibility index (Phi) is 4.17. The van der Waals surface area contributed by atoms with Gasteiger partial charge in [-0.15, -0.1) is 0 Å². The summed E-state index contributed by atoms with van der Waals surface area (Å²) in [5, 5.41) is 0.630. The number of pyridine rings is 2. The van der Waals surface area contributed by atoms with Gasteiger partial charge in [0, 0.05) is 38.6 Å². The normalized spacial score (nSPS) is 15.3. The van der Waals surface area contributed by atoms with Crippen LogP contribution in [0.15, 0.2) is 35.1 Å². The van der Waals surface area contributed by atoms with Gasteiger partial charge >= 0.3 is 0 Å². The minimum Gasteiger partial charge on any atom is -0.396 e. The molecule has 3 heterocycles. The van der Waals surface area contributed by atoms with Gasteiger partial charge in [0.2, 0.25) is 0 Å². The number of halogens is 2. The van der Waals surface area contributed by atoms with Gasteiger partial charge in [0.15, 0.2) is 5.82 Å². The monoisotopic (exact) mass is 367 g/mol. The number of nitrogens with two attached hydrogens (primary N) is 1. The molecule has 0 saturated carbocycles. The van der Waals surface area contributed by atoms with Crippen LogP contribution in [0.4, 0.5) is 17.3 Å². The Balaban J connectivity index is 1.72. The number of anilines is 3. The van der Waals surface area contributed by atoms with E-state index in [1.807, 2.05) is 18.2 Å². The largest absolute Gasteiger partial charge is 0.396 e. The lowest BCUT2D eigenvalue weighted by molar-refractivity contribution is 0.641. The minimum atomic E-state index is 0.630. The Morgan fingerprint density at radius 3 is 2.38 bits per heavy atom. The fourth-order valence-electron chi connectivity index (χ4n) is 2.44. The summed E-state index contributed by atoms with van der Waals surface area (Å²) in [6.45, 7) is 3.45. The standard InChI is InChI=1S/C14H15BrClN5/c15-11-8-10(16)9-19-13(11)20-4-6-21(7-5-20)14-12(17)2-1-3-18-14/h1-3,8-9H,4-7,17H2. The van der Waals surface area contributed by atoms with Crippen molar-refractivity contribution < 1.29 is 0 Å². The average Bonchev–Trinajstić information content (AvgIpc) is 2.48. The lowest BCUT2D eigenvalue weighted by Gasteiger charge is -2.36. The third-order valence-electron chi connectivity index (χ3n) is 3.48. The summed E-state index contributed by atoms with van der Waals surface area (Å²) in [5.74, 6) is 1.79. The summed E-state index contributed by atoms with van der Waals surface area (Å²) < 4.78 is 0.917. The first-order valence-electron chi connectivity index (χ1n) is 6.66. The molecule has 2 aromatic rings. The maximum absolute atomic E-state index is 5.99. The van der Waals surface area contributed by atoms with Crippen LogP contribution >= 0.6 is 27.5 Å². The van der Waals surface area contributed by atoms with Crippen molar-refractivity contribution in [3.63, 3.8) is 0 Å². The van der Waals surface area contributed by atoms with E-state index in [-0.39, 0.29) is 0 Å². The third kappa shape index (κ3) is 3.06. The first-order valence-corrected chi connectivity index (χ1v) is 7.83. The molecule has 7 heteroatoms. The second-order valence-electron chi connectivity index (χ2n) is 4.85. The highest BCUT2D eigenvalue weighted by atomic mass is 79.9. The van der Waals surface area contributed by atoms with Gasteiger partial charge in [0.1, 0.15) is 5.82 Å². The molecular weight excluding hydrogens is 354 g/mol. The van der Waals surface area contributed by atoms with Crippen LogP contribution in [0.1, 0.15) is 0 Å². The van der Waals surface area contributed by atoms with Crippen molar-refractivity contribution in [1.29, 1.82) is 0 Å². The smallest absolute Gasteiger partial charge is 0.151 e. The van der Waals surface area contributed by atoms with E-state index in [1.165, 1.54) is 0 Å². The van der Waals surface area contributed by atoms with Crippen LogP contribution in [0.5, 0.6) is 0 Å². The molecule has 21 heavy (non-hydrogen) atoms. The van der Waals surface area contributed by atoms with Gasteiger partial charge in [-0.2, -0.15) is 0 Å². The molecule has 0 spiro atoms. The van der Waals surface area contributed by atoms with Gasteiger partial charge in [-0.05, 0) is 34.1 Å². The minimum absolute atomic E-state index is 0.630. The molecule has 2 aromatic heterocycles. The van der Waals surface area contributed by atoms with Gasteiger partial charge < -0.3 is 15.5 Å². The second-order valence-corrected chi connectivity index (χ2v) is 6.14. The van der Waals surface area contributed by atoms with Gasteiger partial charge in [-0.1, -0.05) is 11.6 Å². The zero-order chi connectivity index (χ0) is 14.8. The molecule has 0 aliphatic carbocycles. The number of rotatable bonds is 2. The Bertz CT molecular complexity index is 643.